The monoisotopic (exact) mass is 391 g/mol. The van der Waals surface area contributed by atoms with Gasteiger partial charge in [0.2, 0.25) is 0 Å². The van der Waals surface area contributed by atoms with Crippen molar-refractivity contribution in [2.45, 2.75) is 13.8 Å². The van der Waals surface area contributed by atoms with Crippen LogP contribution in [0.25, 0.3) is 0 Å². The Balaban J connectivity index is 1.64. The van der Waals surface area contributed by atoms with Gasteiger partial charge in [-0.2, -0.15) is 0 Å². The van der Waals surface area contributed by atoms with Gasteiger partial charge < -0.3 is 14.7 Å². The minimum Gasteiger partial charge on any atom is -0.356 e. The van der Waals surface area contributed by atoms with Crippen molar-refractivity contribution >= 4 is 29.1 Å². The second kappa shape index (κ2) is 8.52. The molecule has 1 aromatic carbocycles. The van der Waals surface area contributed by atoms with Crippen LogP contribution in [0.2, 0.25) is 5.02 Å². The Hall–Kier alpha value is -2.41. The standard InChI is InChI=1S/C19H23ClFN5O/c1-3-24(4-2)16-8-9-17(23-22-16)25-10-12-26(13-11-25)19(27)18-14(20)6-5-7-15(18)21/h5-9H,3-4,10-13H2,1-2H3. The van der Waals surface area contributed by atoms with Gasteiger partial charge in [-0.25, -0.2) is 4.39 Å². The van der Waals surface area contributed by atoms with E-state index in [4.69, 9.17) is 11.6 Å². The molecule has 0 unspecified atom stereocenters. The zero-order chi connectivity index (χ0) is 19.4. The van der Waals surface area contributed by atoms with E-state index >= 15 is 0 Å². The lowest BCUT2D eigenvalue weighted by Gasteiger charge is -2.35. The second-order valence-electron chi connectivity index (χ2n) is 6.30. The molecular weight excluding hydrogens is 369 g/mol. The van der Waals surface area contributed by atoms with E-state index in [0.717, 1.165) is 24.7 Å². The third kappa shape index (κ3) is 4.13. The normalized spacial score (nSPS) is 14.4. The van der Waals surface area contributed by atoms with Crippen LogP contribution < -0.4 is 9.80 Å². The Labute approximate surface area is 163 Å². The van der Waals surface area contributed by atoms with Crippen LogP contribution in [0.3, 0.4) is 0 Å². The number of nitrogens with zero attached hydrogens (tertiary/aromatic N) is 5. The molecule has 27 heavy (non-hydrogen) atoms. The van der Waals surface area contributed by atoms with E-state index in [1.54, 1.807) is 4.90 Å². The molecule has 2 heterocycles. The number of rotatable bonds is 5. The Morgan fingerprint density at radius 2 is 1.81 bits per heavy atom. The predicted octanol–water partition coefficient (Wildman–Crippen LogP) is 3.08. The topological polar surface area (TPSA) is 52.6 Å². The van der Waals surface area contributed by atoms with Gasteiger partial charge in [-0.05, 0) is 38.1 Å². The van der Waals surface area contributed by atoms with Crippen LogP contribution in [0, 0.1) is 5.82 Å². The molecule has 0 bridgehead atoms. The summed E-state index contributed by atoms with van der Waals surface area (Å²) in [6.07, 6.45) is 0. The first-order valence-corrected chi connectivity index (χ1v) is 9.49. The maximum Gasteiger partial charge on any atom is 0.258 e. The van der Waals surface area contributed by atoms with Crippen molar-refractivity contribution in [2.24, 2.45) is 0 Å². The highest BCUT2D eigenvalue weighted by Crippen LogP contribution is 2.22. The van der Waals surface area contributed by atoms with Crippen molar-refractivity contribution in [2.75, 3.05) is 49.1 Å². The van der Waals surface area contributed by atoms with Gasteiger partial charge in [-0.15, -0.1) is 10.2 Å². The molecule has 1 aliphatic rings. The van der Waals surface area contributed by atoms with Crippen molar-refractivity contribution in [3.63, 3.8) is 0 Å². The number of hydrogen-bond acceptors (Lipinski definition) is 5. The van der Waals surface area contributed by atoms with Crippen molar-refractivity contribution < 1.29 is 9.18 Å². The number of piperazine rings is 1. The first-order chi connectivity index (χ1) is 13.0. The van der Waals surface area contributed by atoms with Crippen LogP contribution in [0.15, 0.2) is 30.3 Å². The van der Waals surface area contributed by atoms with Crippen LogP contribution in [-0.4, -0.2) is 60.3 Å². The zero-order valence-electron chi connectivity index (χ0n) is 15.5. The van der Waals surface area contributed by atoms with E-state index in [0.29, 0.717) is 26.2 Å². The molecule has 0 radical (unpaired) electrons. The lowest BCUT2D eigenvalue weighted by Crippen LogP contribution is -2.49. The number of benzene rings is 1. The summed E-state index contributed by atoms with van der Waals surface area (Å²) in [5, 5.41) is 8.77. The number of amides is 1. The van der Waals surface area contributed by atoms with Gasteiger partial charge in [-0.1, -0.05) is 17.7 Å². The Morgan fingerprint density at radius 1 is 1.11 bits per heavy atom. The van der Waals surface area contributed by atoms with E-state index < -0.39 is 5.82 Å². The van der Waals surface area contributed by atoms with Gasteiger partial charge in [0.25, 0.3) is 5.91 Å². The highest BCUT2D eigenvalue weighted by molar-refractivity contribution is 6.33. The van der Waals surface area contributed by atoms with Gasteiger partial charge in [0.1, 0.15) is 5.82 Å². The molecule has 1 aliphatic heterocycles. The fourth-order valence-corrected chi connectivity index (χ4v) is 3.45. The van der Waals surface area contributed by atoms with E-state index in [-0.39, 0.29) is 16.5 Å². The summed E-state index contributed by atoms with van der Waals surface area (Å²) in [5.41, 5.74) is -0.0593. The largest absolute Gasteiger partial charge is 0.356 e. The molecule has 6 nitrogen and oxygen atoms in total. The molecule has 144 valence electrons. The molecule has 1 saturated heterocycles. The Bertz CT molecular complexity index is 769. The average molecular weight is 392 g/mol. The molecule has 1 aromatic heterocycles. The molecule has 8 heteroatoms. The van der Waals surface area contributed by atoms with Crippen LogP contribution in [0.5, 0.6) is 0 Å². The molecule has 0 N–H and O–H groups in total. The molecule has 0 atom stereocenters. The second-order valence-corrected chi connectivity index (χ2v) is 6.71. The summed E-state index contributed by atoms with van der Waals surface area (Å²) in [4.78, 5) is 18.4. The fraction of sp³-hybridized carbons (Fsp3) is 0.421. The molecule has 0 saturated carbocycles. The van der Waals surface area contributed by atoms with Gasteiger partial charge >= 0.3 is 0 Å². The third-order valence-corrected chi connectivity index (χ3v) is 5.11. The summed E-state index contributed by atoms with van der Waals surface area (Å²) in [5.74, 6) is 0.669. The number of carbonyl (C=O) groups excluding carboxylic acids is 1. The highest BCUT2D eigenvalue weighted by atomic mass is 35.5. The molecular formula is C19H23ClFN5O. The van der Waals surface area contributed by atoms with Gasteiger partial charge in [0, 0.05) is 39.3 Å². The number of anilines is 2. The molecule has 1 amide bonds. The van der Waals surface area contributed by atoms with E-state index in [2.05, 4.69) is 33.8 Å². The van der Waals surface area contributed by atoms with Gasteiger partial charge in [-0.3, -0.25) is 4.79 Å². The smallest absolute Gasteiger partial charge is 0.258 e. The lowest BCUT2D eigenvalue weighted by molar-refractivity contribution is 0.0742. The fourth-order valence-electron chi connectivity index (χ4n) is 3.20. The first kappa shape index (κ1) is 19.4. The number of halogens is 2. The quantitative estimate of drug-likeness (QED) is 0.784. The van der Waals surface area contributed by atoms with E-state index in [1.807, 2.05) is 12.1 Å². The summed E-state index contributed by atoms with van der Waals surface area (Å²) < 4.78 is 14.0. The molecule has 3 rings (SSSR count). The summed E-state index contributed by atoms with van der Waals surface area (Å²) in [6, 6.07) is 8.19. The van der Waals surface area contributed by atoms with Crippen LogP contribution in [0.1, 0.15) is 24.2 Å². The summed E-state index contributed by atoms with van der Waals surface area (Å²) in [6.45, 7) is 8.09. The molecule has 2 aromatic rings. The third-order valence-electron chi connectivity index (χ3n) is 4.79. The maximum absolute atomic E-state index is 14.0. The minimum absolute atomic E-state index is 0.0593. The molecule has 1 fully saturated rings. The van der Waals surface area contributed by atoms with Crippen molar-refractivity contribution in [1.82, 2.24) is 15.1 Å². The van der Waals surface area contributed by atoms with Crippen LogP contribution in [-0.2, 0) is 0 Å². The number of aromatic nitrogens is 2. The lowest BCUT2D eigenvalue weighted by atomic mass is 10.1. The number of carbonyl (C=O) groups is 1. The van der Waals surface area contributed by atoms with Crippen molar-refractivity contribution in [1.29, 1.82) is 0 Å². The van der Waals surface area contributed by atoms with Gasteiger partial charge in [0.05, 0.1) is 10.6 Å². The van der Waals surface area contributed by atoms with Crippen molar-refractivity contribution in [3.05, 3.63) is 46.7 Å². The number of hydrogen-bond donors (Lipinski definition) is 0. The highest BCUT2D eigenvalue weighted by Gasteiger charge is 2.26. The predicted molar refractivity (Wildman–Crippen MR) is 105 cm³/mol. The zero-order valence-corrected chi connectivity index (χ0v) is 16.3. The van der Waals surface area contributed by atoms with Gasteiger partial charge in [0.15, 0.2) is 11.6 Å². The van der Waals surface area contributed by atoms with E-state index in [1.165, 1.54) is 18.2 Å². The minimum atomic E-state index is -0.590. The molecule has 0 spiro atoms. The Morgan fingerprint density at radius 3 is 2.37 bits per heavy atom. The maximum atomic E-state index is 14.0. The Kier molecular flexibility index (Phi) is 6.11. The summed E-state index contributed by atoms with van der Waals surface area (Å²) >= 11 is 6.01. The van der Waals surface area contributed by atoms with Crippen molar-refractivity contribution in [3.8, 4) is 0 Å². The first-order valence-electron chi connectivity index (χ1n) is 9.12. The average Bonchev–Trinajstić information content (AvgIpc) is 2.69. The van der Waals surface area contributed by atoms with Crippen LogP contribution in [0.4, 0.5) is 16.0 Å². The van der Waals surface area contributed by atoms with E-state index in [9.17, 15) is 9.18 Å². The SMILES string of the molecule is CCN(CC)c1ccc(N2CCN(C(=O)c3c(F)cccc3Cl)CC2)nn1. The summed E-state index contributed by atoms with van der Waals surface area (Å²) in [7, 11) is 0. The molecule has 0 aliphatic carbocycles. The van der Waals surface area contributed by atoms with Crippen LogP contribution >= 0.6 is 11.6 Å².